The molecule has 0 radical (unpaired) electrons. The van der Waals surface area contributed by atoms with Crippen LogP contribution in [0.4, 0.5) is 11.4 Å². The van der Waals surface area contributed by atoms with E-state index in [1.165, 1.54) is 5.56 Å². The van der Waals surface area contributed by atoms with Crippen LogP contribution in [-0.2, 0) is 16.0 Å². The Morgan fingerprint density at radius 2 is 1.79 bits per heavy atom. The van der Waals surface area contributed by atoms with Crippen molar-refractivity contribution in [3.8, 4) is 0 Å². The standard InChI is InChI=1S/C23H25N3O3/c1-2-15-7-11-18(12-8-15)26-14-16(13-21(26)27)22(28)25-20-6-4-3-5-19(20)23(29)24-17-9-10-17/h3-8,11-12,16-17H,2,9-10,13-14H2,1H3,(H,24,29)(H,25,28)/t16-/m1/s1. The highest BCUT2D eigenvalue weighted by atomic mass is 16.2. The van der Waals surface area contributed by atoms with Crippen LogP contribution in [0.2, 0.25) is 0 Å². The average molecular weight is 391 g/mol. The van der Waals surface area contributed by atoms with Crippen LogP contribution >= 0.6 is 0 Å². The number of amides is 3. The maximum atomic E-state index is 12.8. The molecule has 29 heavy (non-hydrogen) atoms. The van der Waals surface area contributed by atoms with Gasteiger partial charge < -0.3 is 15.5 Å². The van der Waals surface area contributed by atoms with Crippen molar-refractivity contribution in [3.05, 3.63) is 59.7 Å². The SMILES string of the molecule is CCc1ccc(N2C[C@H](C(=O)Nc3ccccc3C(=O)NC3CC3)CC2=O)cc1. The van der Waals surface area contributed by atoms with E-state index in [0.29, 0.717) is 17.8 Å². The third kappa shape index (κ3) is 4.31. The van der Waals surface area contributed by atoms with Crippen LogP contribution in [0.1, 0.15) is 42.1 Å². The topological polar surface area (TPSA) is 78.5 Å². The van der Waals surface area contributed by atoms with Crippen LogP contribution in [0.3, 0.4) is 0 Å². The van der Waals surface area contributed by atoms with E-state index in [1.54, 1.807) is 29.2 Å². The minimum Gasteiger partial charge on any atom is -0.349 e. The smallest absolute Gasteiger partial charge is 0.253 e. The van der Waals surface area contributed by atoms with E-state index < -0.39 is 5.92 Å². The van der Waals surface area contributed by atoms with E-state index in [-0.39, 0.29) is 30.2 Å². The number of carbonyl (C=O) groups excluding carboxylic acids is 3. The molecule has 1 saturated carbocycles. The number of anilines is 2. The Morgan fingerprint density at radius 3 is 2.48 bits per heavy atom. The Bertz CT molecular complexity index is 935. The second-order valence-corrected chi connectivity index (χ2v) is 7.71. The Hall–Kier alpha value is -3.15. The third-order valence-corrected chi connectivity index (χ3v) is 5.49. The van der Waals surface area contributed by atoms with Crippen molar-refractivity contribution in [1.29, 1.82) is 0 Å². The Morgan fingerprint density at radius 1 is 1.07 bits per heavy atom. The molecule has 0 aromatic heterocycles. The van der Waals surface area contributed by atoms with Gasteiger partial charge in [0, 0.05) is 24.7 Å². The molecule has 1 heterocycles. The molecule has 2 fully saturated rings. The van der Waals surface area contributed by atoms with Gasteiger partial charge in [-0.3, -0.25) is 14.4 Å². The summed E-state index contributed by atoms with van der Waals surface area (Å²) in [5.74, 6) is -0.927. The van der Waals surface area contributed by atoms with Gasteiger partial charge in [0.1, 0.15) is 0 Å². The lowest BCUT2D eigenvalue weighted by atomic mass is 10.1. The van der Waals surface area contributed by atoms with Gasteiger partial charge in [-0.2, -0.15) is 0 Å². The summed E-state index contributed by atoms with van der Waals surface area (Å²) in [6.45, 7) is 2.42. The van der Waals surface area contributed by atoms with Crippen LogP contribution < -0.4 is 15.5 Å². The zero-order valence-corrected chi connectivity index (χ0v) is 16.5. The number of hydrogen-bond acceptors (Lipinski definition) is 3. The molecular formula is C23H25N3O3. The van der Waals surface area contributed by atoms with Gasteiger partial charge in [-0.25, -0.2) is 0 Å². The van der Waals surface area contributed by atoms with Gasteiger partial charge in [0.25, 0.3) is 5.91 Å². The summed E-state index contributed by atoms with van der Waals surface area (Å²) in [5, 5.41) is 5.80. The molecule has 6 nitrogen and oxygen atoms in total. The van der Waals surface area contributed by atoms with E-state index >= 15 is 0 Å². The summed E-state index contributed by atoms with van der Waals surface area (Å²) in [6.07, 6.45) is 3.10. The monoisotopic (exact) mass is 391 g/mol. The van der Waals surface area contributed by atoms with Gasteiger partial charge >= 0.3 is 0 Å². The maximum absolute atomic E-state index is 12.8. The fourth-order valence-electron chi connectivity index (χ4n) is 3.56. The molecule has 4 rings (SSSR count). The molecule has 6 heteroatoms. The second-order valence-electron chi connectivity index (χ2n) is 7.71. The first kappa shape index (κ1) is 19.2. The van der Waals surface area contributed by atoms with Crippen LogP contribution in [0.25, 0.3) is 0 Å². The predicted molar refractivity (Wildman–Crippen MR) is 112 cm³/mol. The summed E-state index contributed by atoms with van der Waals surface area (Å²) in [5.41, 5.74) is 2.94. The van der Waals surface area contributed by atoms with Gasteiger partial charge in [0.05, 0.1) is 17.2 Å². The molecule has 1 atom stereocenters. The molecule has 0 bridgehead atoms. The lowest BCUT2D eigenvalue weighted by Crippen LogP contribution is -2.30. The molecular weight excluding hydrogens is 366 g/mol. The lowest BCUT2D eigenvalue weighted by molar-refractivity contribution is -0.122. The number of carbonyl (C=O) groups is 3. The van der Waals surface area contributed by atoms with E-state index in [1.807, 2.05) is 24.3 Å². The number of hydrogen-bond donors (Lipinski definition) is 2. The molecule has 0 spiro atoms. The number of benzene rings is 2. The van der Waals surface area contributed by atoms with E-state index in [0.717, 1.165) is 24.9 Å². The van der Waals surface area contributed by atoms with Crippen molar-refractivity contribution in [2.24, 2.45) is 5.92 Å². The molecule has 1 aliphatic heterocycles. The third-order valence-electron chi connectivity index (χ3n) is 5.49. The molecule has 3 amide bonds. The summed E-state index contributed by atoms with van der Waals surface area (Å²) in [7, 11) is 0. The van der Waals surface area contributed by atoms with Crippen LogP contribution in [0.15, 0.2) is 48.5 Å². The number of para-hydroxylation sites is 1. The Labute approximate surface area is 170 Å². The first-order valence-corrected chi connectivity index (χ1v) is 10.1. The minimum atomic E-state index is -0.451. The van der Waals surface area contributed by atoms with E-state index in [2.05, 4.69) is 17.6 Å². The molecule has 2 aromatic carbocycles. The first-order valence-electron chi connectivity index (χ1n) is 10.1. The van der Waals surface area contributed by atoms with E-state index in [4.69, 9.17) is 0 Å². The predicted octanol–water partition coefficient (Wildman–Crippen LogP) is 3.13. The molecule has 150 valence electrons. The first-order chi connectivity index (χ1) is 14.0. The maximum Gasteiger partial charge on any atom is 0.253 e. The molecule has 1 saturated heterocycles. The number of aryl methyl sites for hydroxylation is 1. The molecule has 2 aliphatic rings. The van der Waals surface area contributed by atoms with Crippen molar-refractivity contribution in [1.82, 2.24) is 5.32 Å². The van der Waals surface area contributed by atoms with E-state index in [9.17, 15) is 14.4 Å². The van der Waals surface area contributed by atoms with Gasteiger partial charge in [-0.1, -0.05) is 31.2 Å². The fourth-order valence-corrected chi connectivity index (χ4v) is 3.56. The summed E-state index contributed by atoms with van der Waals surface area (Å²) < 4.78 is 0. The largest absolute Gasteiger partial charge is 0.349 e. The highest BCUT2D eigenvalue weighted by molar-refractivity contribution is 6.07. The highest BCUT2D eigenvalue weighted by Gasteiger charge is 2.35. The average Bonchev–Trinajstić information content (AvgIpc) is 3.46. The van der Waals surface area contributed by atoms with Gasteiger partial charge in [-0.15, -0.1) is 0 Å². The molecule has 2 N–H and O–H groups in total. The zero-order valence-electron chi connectivity index (χ0n) is 16.5. The number of rotatable bonds is 6. The van der Waals surface area contributed by atoms with Crippen molar-refractivity contribution < 1.29 is 14.4 Å². The van der Waals surface area contributed by atoms with Gasteiger partial charge in [-0.05, 0) is 49.1 Å². The van der Waals surface area contributed by atoms with Crippen LogP contribution in [0, 0.1) is 5.92 Å². The Kier molecular flexibility index (Phi) is 5.34. The normalized spacial score (nSPS) is 18.6. The van der Waals surface area contributed by atoms with Crippen molar-refractivity contribution in [3.63, 3.8) is 0 Å². The van der Waals surface area contributed by atoms with Crippen molar-refractivity contribution >= 4 is 29.1 Å². The zero-order chi connectivity index (χ0) is 20.4. The van der Waals surface area contributed by atoms with Crippen LogP contribution in [-0.4, -0.2) is 30.3 Å². The summed E-state index contributed by atoms with van der Waals surface area (Å²) >= 11 is 0. The van der Waals surface area contributed by atoms with Crippen LogP contribution in [0.5, 0.6) is 0 Å². The summed E-state index contributed by atoms with van der Waals surface area (Å²) in [4.78, 5) is 39.4. The molecule has 0 unspecified atom stereocenters. The lowest BCUT2D eigenvalue weighted by Gasteiger charge is -2.17. The van der Waals surface area contributed by atoms with Gasteiger partial charge in [0.2, 0.25) is 11.8 Å². The fraction of sp³-hybridized carbons (Fsp3) is 0.348. The van der Waals surface area contributed by atoms with Gasteiger partial charge in [0.15, 0.2) is 0 Å². The quantitative estimate of drug-likeness (QED) is 0.794. The highest BCUT2D eigenvalue weighted by Crippen LogP contribution is 2.27. The number of nitrogens with one attached hydrogen (secondary N) is 2. The molecule has 2 aromatic rings. The van der Waals surface area contributed by atoms with Crippen molar-refractivity contribution in [2.45, 2.75) is 38.6 Å². The number of nitrogens with zero attached hydrogens (tertiary/aromatic N) is 1. The molecule has 1 aliphatic carbocycles. The summed E-state index contributed by atoms with van der Waals surface area (Å²) in [6, 6.07) is 15.1. The second kappa shape index (κ2) is 8.07. The van der Waals surface area contributed by atoms with Crippen molar-refractivity contribution in [2.75, 3.05) is 16.8 Å². The minimum absolute atomic E-state index is 0.0610. The Balaban J connectivity index is 1.44.